The van der Waals surface area contributed by atoms with Gasteiger partial charge in [0.05, 0.1) is 10.6 Å². The molecule has 0 bridgehead atoms. The molecule has 3 aromatic rings. The highest BCUT2D eigenvalue weighted by molar-refractivity contribution is 6.34. The van der Waals surface area contributed by atoms with E-state index in [1.807, 2.05) is 12.3 Å². The van der Waals surface area contributed by atoms with Crippen LogP contribution in [0.15, 0.2) is 42.6 Å². The van der Waals surface area contributed by atoms with Crippen molar-refractivity contribution >= 4 is 28.4 Å². The van der Waals surface area contributed by atoms with Crippen molar-refractivity contribution in [3.05, 3.63) is 59.0 Å². The second kappa shape index (κ2) is 7.33. The number of carbonyl (C=O) groups excluding carboxylic acids is 1. The Morgan fingerprint density at radius 1 is 1.22 bits per heavy atom. The third-order valence-electron chi connectivity index (χ3n) is 5.22. The first-order chi connectivity index (χ1) is 13.0. The first kappa shape index (κ1) is 18.0. The number of nitrogens with zero attached hydrogens (tertiary/aromatic N) is 1. The average Bonchev–Trinajstić information content (AvgIpc) is 3.06. The van der Waals surface area contributed by atoms with Gasteiger partial charge in [0.1, 0.15) is 5.82 Å². The van der Waals surface area contributed by atoms with E-state index in [1.54, 1.807) is 18.2 Å². The van der Waals surface area contributed by atoms with Crippen molar-refractivity contribution < 1.29 is 9.18 Å². The van der Waals surface area contributed by atoms with Gasteiger partial charge in [-0.1, -0.05) is 17.7 Å². The van der Waals surface area contributed by atoms with Crippen LogP contribution in [0.3, 0.4) is 0 Å². The summed E-state index contributed by atoms with van der Waals surface area (Å²) >= 11 is 6.42. The number of carbonyl (C=O) groups is 1. The Labute approximate surface area is 162 Å². The average molecular weight is 386 g/mol. The molecule has 1 fully saturated rings. The zero-order chi connectivity index (χ0) is 19.0. The SMILES string of the molecule is CN1CCC(NC(=O)c2ccc(-c3c[nH]c4cc(F)ccc34)cc2Cl)CC1. The molecule has 0 atom stereocenters. The molecule has 4 rings (SSSR count). The van der Waals surface area contributed by atoms with E-state index in [0.717, 1.165) is 48.0 Å². The molecule has 1 saturated heterocycles. The van der Waals surface area contributed by atoms with Gasteiger partial charge in [0.25, 0.3) is 5.91 Å². The molecule has 1 amide bonds. The number of fused-ring (bicyclic) bond motifs is 1. The fourth-order valence-electron chi connectivity index (χ4n) is 3.62. The summed E-state index contributed by atoms with van der Waals surface area (Å²) < 4.78 is 13.4. The number of halogens is 2. The van der Waals surface area contributed by atoms with E-state index >= 15 is 0 Å². The largest absolute Gasteiger partial charge is 0.360 e. The van der Waals surface area contributed by atoms with Crippen LogP contribution in [0.25, 0.3) is 22.0 Å². The molecule has 0 spiro atoms. The van der Waals surface area contributed by atoms with Crippen LogP contribution < -0.4 is 5.32 Å². The minimum absolute atomic E-state index is 0.137. The van der Waals surface area contributed by atoms with E-state index < -0.39 is 0 Å². The Morgan fingerprint density at radius 3 is 2.74 bits per heavy atom. The Bertz CT molecular complexity index is 992. The number of piperidine rings is 1. The summed E-state index contributed by atoms with van der Waals surface area (Å²) in [7, 11) is 2.09. The highest BCUT2D eigenvalue weighted by Crippen LogP contribution is 2.32. The fraction of sp³-hybridized carbons (Fsp3) is 0.286. The highest BCUT2D eigenvalue weighted by atomic mass is 35.5. The molecule has 2 aromatic carbocycles. The Balaban J connectivity index is 1.56. The molecule has 0 unspecified atom stereocenters. The number of aromatic amines is 1. The van der Waals surface area contributed by atoms with Crippen LogP contribution in [-0.2, 0) is 0 Å². The molecule has 0 saturated carbocycles. The van der Waals surface area contributed by atoms with E-state index in [9.17, 15) is 9.18 Å². The summed E-state index contributed by atoms with van der Waals surface area (Å²) in [5, 5.41) is 4.41. The number of likely N-dealkylation sites (tertiary alicyclic amines) is 1. The van der Waals surface area contributed by atoms with Crippen molar-refractivity contribution in [3.63, 3.8) is 0 Å². The first-order valence-electron chi connectivity index (χ1n) is 9.07. The Morgan fingerprint density at radius 2 is 2.00 bits per heavy atom. The minimum atomic E-state index is -0.283. The van der Waals surface area contributed by atoms with Crippen LogP contribution in [0.1, 0.15) is 23.2 Å². The summed E-state index contributed by atoms with van der Waals surface area (Å²) in [5.74, 6) is -0.419. The van der Waals surface area contributed by atoms with Crippen LogP contribution in [0.2, 0.25) is 5.02 Å². The lowest BCUT2D eigenvalue weighted by molar-refractivity contribution is 0.0917. The van der Waals surface area contributed by atoms with E-state index in [0.29, 0.717) is 10.6 Å². The van der Waals surface area contributed by atoms with Crippen molar-refractivity contribution in [2.75, 3.05) is 20.1 Å². The van der Waals surface area contributed by atoms with Crippen molar-refractivity contribution in [1.29, 1.82) is 0 Å². The van der Waals surface area contributed by atoms with Crippen molar-refractivity contribution in [1.82, 2.24) is 15.2 Å². The third kappa shape index (κ3) is 3.70. The topological polar surface area (TPSA) is 48.1 Å². The normalized spacial score (nSPS) is 16.0. The van der Waals surface area contributed by atoms with Gasteiger partial charge < -0.3 is 15.2 Å². The highest BCUT2D eigenvalue weighted by Gasteiger charge is 2.20. The number of amides is 1. The molecular formula is C21H21ClFN3O. The van der Waals surface area contributed by atoms with Crippen LogP contribution in [-0.4, -0.2) is 42.0 Å². The number of aromatic nitrogens is 1. The van der Waals surface area contributed by atoms with Crippen LogP contribution >= 0.6 is 11.6 Å². The monoisotopic (exact) mass is 385 g/mol. The maximum absolute atomic E-state index is 13.4. The first-order valence-corrected chi connectivity index (χ1v) is 9.45. The van der Waals surface area contributed by atoms with Gasteiger partial charge in [0.2, 0.25) is 0 Å². The molecule has 0 aliphatic carbocycles. The summed E-state index contributed by atoms with van der Waals surface area (Å²) in [6, 6.07) is 10.2. The van der Waals surface area contributed by atoms with Gasteiger partial charge in [-0.2, -0.15) is 0 Å². The standard InChI is InChI=1S/C21H21ClFN3O/c1-26-8-6-15(7-9-26)25-21(27)17-4-2-13(10-19(17)22)18-12-24-20-11-14(23)3-5-16(18)20/h2-5,10-12,15,24H,6-9H2,1H3,(H,25,27). The molecule has 1 aliphatic rings. The molecule has 4 nitrogen and oxygen atoms in total. The van der Waals surface area contributed by atoms with Crippen molar-refractivity contribution in [2.24, 2.45) is 0 Å². The van der Waals surface area contributed by atoms with Crippen molar-refractivity contribution in [3.8, 4) is 11.1 Å². The van der Waals surface area contributed by atoms with Crippen LogP contribution in [0.4, 0.5) is 4.39 Å². The second-order valence-electron chi connectivity index (χ2n) is 7.14. The number of benzene rings is 2. The number of hydrogen-bond donors (Lipinski definition) is 2. The van der Waals surface area contributed by atoms with Gasteiger partial charge in [-0.25, -0.2) is 4.39 Å². The molecule has 2 heterocycles. The number of nitrogens with one attached hydrogen (secondary N) is 2. The fourth-order valence-corrected chi connectivity index (χ4v) is 3.89. The van der Waals surface area contributed by atoms with Gasteiger partial charge in [-0.3, -0.25) is 4.79 Å². The van der Waals surface area contributed by atoms with Gasteiger partial charge in [-0.05, 0) is 68.9 Å². The predicted molar refractivity (Wildman–Crippen MR) is 107 cm³/mol. The number of H-pyrrole nitrogens is 1. The van der Waals surface area contributed by atoms with Crippen LogP contribution in [0.5, 0.6) is 0 Å². The molecule has 0 radical (unpaired) electrons. The minimum Gasteiger partial charge on any atom is -0.360 e. The van der Waals surface area contributed by atoms with E-state index in [2.05, 4.69) is 22.2 Å². The smallest absolute Gasteiger partial charge is 0.253 e. The van der Waals surface area contributed by atoms with Gasteiger partial charge in [0.15, 0.2) is 0 Å². The molecule has 1 aromatic heterocycles. The zero-order valence-electron chi connectivity index (χ0n) is 15.1. The van der Waals surface area contributed by atoms with E-state index in [4.69, 9.17) is 11.6 Å². The zero-order valence-corrected chi connectivity index (χ0v) is 15.8. The van der Waals surface area contributed by atoms with E-state index in [1.165, 1.54) is 12.1 Å². The molecule has 1 aliphatic heterocycles. The Hall–Kier alpha value is -2.37. The molecule has 140 valence electrons. The lowest BCUT2D eigenvalue weighted by Gasteiger charge is -2.29. The molecule has 2 N–H and O–H groups in total. The molecular weight excluding hydrogens is 365 g/mol. The maximum atomic E-state index is 13.4. The van der Waals surface area contributed by atoms with Gasteiger partial charge >= 0.3 is 0 Å². The Kier molecular flexibility index (Phi) is 4.89. The number of hydrogen-bond acceptors (Lipinski definition) is 2. The van der Waals surface area contributed by atoms with Gasteiger partial charge in [-0.15, -0.1) is 0 Å². The summed E-state index contributed by atoms with van der Waals surface area (Å²) in [5.41, 5.74) is 3.01. The molecule has 6 heteroatoms. The predicted octanol–water partition coefficient (Wildman–Crippen LogP) is 4.45. The molecule has 27 heavy (non-hydrogen) atoms. The lowest BCUT2D eigenvalue weighted by Crippen LogP contribution is -2.43. The van der Waals surface area contributed by atoms with Gasteiger partial charge in [0, 0.05) is 28.7 Å². The summed E-state index contributed by atoms with van der Waals surface area (Å²) in [6.45, 7) is 1.97. The summed E-state index contributed by atoms with van der Waals surface area (Å²) in [6.07, 6.45) is 3.72. The number of rotatable bonds is 3. The van der Waals surface area contributed by atoms with E-state index in [-0.39, 0.29) is 17.8 Å². The maximum Gasteiger partial charge on any atom is 0.253 e. The summed E-state index contributed by atoms with van der Waals surface area (Å²) in [4.78, 5) is 17.9. The van der Waals surface area contributed by atoms with Crippen LogP contribution in [0, 0.1) is 5.82 Å². The third-order valence-corrected chi connectivity index (χ3v) is 5.54. The van der Waals surface area contributed by atoms with Crippen molar-refractivity contribution in [2.45, 2.75) is 18.9 Å². The quantitative estimate of drug-likeness (QED) is 0.699. The lowest BCUT2D eigenvalue weighted by atomic mass is 10.0. The second-order valence-corrected chi connectivity index (χ2v) is 7.55.